The van der Waals surface area contributed by atoms with E-state index in [1.54, 1.807) is 0 Å². The molecule has 0 aromatic heterocycles. The van der Waals surface area contributed by atoms with Gasteiger partial charge in [-0.25, -0.2) is 4.79 Å². The SMILES string of the molecule is O=C(O)NC1(c2ccccc2)CCN(Cc2ccccc2)C1. The van der Waals surface area contributed by atoms with E-state index >= 15 is 0 Å². The highest BCUT2D eigenvalue weighted by Gasteiger charge is 2.40. The molecule has 1 aliphatic rings. The minimum absolute atomic E-state index is 0.512. The van der Waals surface area contributed by atoms with Crippen molar-refractivity contribution in [2.75, 3.05) is 13.1 Å². The molecular formula is C18H20N2O2. The predicted molar refractivity (Wildman–Crippen MR) is 85.6 cm³/mol. The summed E-state index contributed by atoms with van der Waals surface area (Å²) in [4.78, 5) is 13.6. The molecule has 4 heteroatoms. The van der Waals surface area contributed by atoms with Crippen LogP contribution in [-0.4, -0.2) is 29.2 Å². The summed E-state index contributed by atoms with van der Waals surface area (Å²) in [6.07, 6.45) is -0.179. The summed E-state index contributed by atoms with van der Waals surface area (Å²) in [6.45, 7) is 2.42. The molecule has 0 radical (unpaired) electrons. The molecule has 22 heavy (non-hydrogen) atoms. The Bertz CT molecular complexity index is 630. The Morgan fingerprint density at radius 2 is 1.73 bits per heavy atom. The number of benzene rings is 2. The summed E-state index contributed by atoms with van der Waals surface area (Å²) < 4.78 is 0. The van der Waals surface area contributed by atoms with Crippen LogP contribution in [0.1, 0.15) is 17.5 Å². The third kappa shape index (κ3) is 3.12. The summed E-state index contributed by atoms with van der Waals surface area (Å²) >= 11 is 0. The van der Waals surface area contributed by atoms with E-state index < -0.39 is 11.6 Å². The molecule has 2 N–H and O–H groups in total. The van der Waals surface area contributed by atoms with Crippen LogP contribution in [0.2, 0.25) is 0 Å². The van der Waals surface area contributed by atoms with Gasteiger partial charge in [0, 0.05) is 19.6 Å². The highest BCUT2D eigenvalue weighted by molar-refractivity contribution is 5.66. The van der Waals surface area contributed by atoms with Crippen molar-refractivity contribution in [3.05, 3.63) is 71.8 Å². The number of rotatable bonds is 4. The van der Waals surface area contributed by atoms with Gasteiger partial charge in [0.2, 0.25) is 0 Å². The van der Waals surface area contributed by atoms with E-state index in [-0.39, 0.29) is 0 Å². The Kier molecular flexibility index (Phi) is 4.11. The Balaban J connectivity index is 1.79. The van der Waals surface area contributed by atoms with Gasteiger partial charge < -0.3 is 10.4 Å². The van der Waals surface area contributed by atoms with E-state index in [0.717, 1.165) is 25.1 Å². The average Bonchev–Trinajstić information content (AvgIpc) is 2.92. The molecule has 1 saturated heterocycles. The second-order valence-electron chi connectivity index (χ2n) is 5.82. The number of carbonyl (C=O) groups is 1. The molecule has 1 aliphatic heterocycles. The lowest BCUT2D eigenvalue weighted by Crippen LogP contribution is -2.47. The predicted octanol–water partition coefficient (Wildman–Crippen LogP) is 3.06. The van der Waals surface area contributed by atoms with Crippen molar-refractivity contribution in [2.45, 2.75) is 18.5 Å². The lowest BCUT2D eigenvalue weighted by atomic mass is 9.89. The molecule has 1 atom stereocenters. The van der Waals surface area contributed by atoms with E-state index in [2.05, 4.69) is 22.3 Å². The Hall–Kier alpha value is -2.33. The fourth-order valence-electron chi connectivity index (χ4n) is 3.24. The van der Waals surface area contributed by atoms with Crippen LogP contribution in [-0.2, 0) is 12.1 Å². The molecular weight excluding hydrogens is 276 g/mol. The molecule has 0 bridgehead atoms. The quantitative estimate of drug-likeness (QED) is 0.911. The summed E-state index contributed by atoms with van der Waals surface area (Å²) in [6, 6.07) is 20.2. The summed E-state index contributed by atoms with van der Waals surface area (Å²) in [5, 5.41) is 12.0. The van der Waals surface area contributed by atoms with Crippen molar-refractivity contribution in [1.82, 2.24) is 10.2 Å². The maximum atomic E-state index is 11.3. The number of hydrogen-bond donors (Lipinski definition) is 2. The normalized spacial score (nSPS) is 21.6. The molecule has 1 amide bonds. The van der Waals surface area contributed by atoms with Crippen LogP contribution in [0.4, 0.5) is 4.79 Å². The van der Waals surface area contributed by atoms with Crippen LogP contribution in [0.3, 0.4) is 0 Å². The summed E-state index contributed by atoms with van der Waals surface area (Å²) in [5.74, 6) is 0. The summed E-state index contributed by atoms with van der Waals surface area (Å²) in [7, 11) is 0. The van der Waals surface area contributed by atoms with Gasteiger partial charge >= 0.3 is 6.09 Å². The monoisotopic (exact) mass is 296 g/mol. The minimum Gasteiger partial charge on any atom is -0.465 e. The van der Waals surface area contributed by atoms with Gasteiger partial charge in [0.25, 0.3) is 0 Å². The standard InChI is InChI=1S/C18H20N2O2/c21-17(22)19-18(16-9-5-2-6-10-16)11-12-20(14-18)13-15-7-3-1-4-8-15/h1-10,19H,11-14H2,(H,21,22). The van der Waals surface area contributed by atoms with E-state index in [0.29, 0.717) is 6.54 Å². The first-order chi connectivity index (χ1) is 10.7. The third-order valence-corrected chi connectivity index (χ3v) is 4.27. The van der Waals surface area contributed by atoms with Gasteiger partial charge in [-0.15, -0.1) is 0 Å². The minimum atomic E-state index is -0.967. The van der Waals surface area contributed by atoms with Crippen LogP contribution in [0.15, 0.2) is 60.7 Å². The van der Waals surface area contributed by atoms with Gasteiger partial charge in [0.05, 0.1) is 5.54 Å². The Morgan fingerprint density at radius 1 is 1.09 bits per heavy atom. The van der Waals surface area contributed by atoms with Crippen LogP contribution >= 0.6 is 0 Å². The largest absolute Gasteiger partial charge is 0.465 e. The van der Waals surface area contributed by atoms with Crippen LogP contribution in [0, 0.1) is 0 Å². The van der Waals surface area contributed by atoms with Crippen LogP contribution < -0.4 is 5.32 Å². The Labute approximate surface area is 130 Å². The fourth-order valence-corrected chi connectivity index (χ4v) is 3.24. The zero-order valence-corrected chi connectivity index (χ0v) is 12.4. The molecule has 3 rings (SSSR count). The fraction of sp³-hybridized carbons (Fsp3) is 0.278. The zero-order chi connectivity index (χ0) is 15.4. The Morgan fingerprint density at radius 3 is 2.36 bits per heavy atom. The third-order valence-electron chi connectivity index (χ3n) is 4.27. The van der Waals surface area contributed by atoms with Gasteiger partial charge in [-0.05, 0) is 17.5 Å². The highest BCUT2D eigenvalue weighted by Crippen LogP contribution is 2.32. The highest BCUT2D eigenvalue weighted by atomic mass is 16.4. The molecule has 0 aliphatic carbocycles. The van der Waals surface area contributed by atoms with Gasteiger partial charge in [-0.3, -0.25) is 4.90 Å². The molecule has 0 spiro atoms. The van der Waals surface area contributed by atoms with Gasteiger partial charge in [0.1, 0.15) is 0 Å². The molecule has 0 saturated carbocycles. The first kappa shape index (κ1) is 14.6. The second-order valence-corrected chi connectivity index (χ2v) is 5.82. The van der Waals surface area contributed by atoms with E-state index in [1.165, 1.54) is 5.56 Å². The van der Waals surface area contributed by atoms with E-state index in [1.807, 2.05) is 48.5 Å². The zero-order valence-electron chi connectivity index (χ0n) is 12.4. The number of carboxylic acid groups (broad SMARTS) is 1. The molecule has 1 heterocycles. The van der Waals surface area contributed by atoms with Crippen molar-refractivity contribution in [3.63, 3.8) is 0 Å². The number of nitrogens with zero attached hydrogens (tertiary/aromatic N) is 1. The van der Waals surface area contributed by atoms with Crippen LogP contribution in [0.25, 0.3) is 0 Å². The molecule has 114 valence electrons. The van der Waals surface area contributed by atoms with Gasteiger partial charge in [-0.1, -0.05) is 60.7 Å². The second kappa shape index (κ2) is 6.20. The number of nitrogens with one attached hydrogen (secondary N) is 1. The summed E-state index contributed by atoms with van der Waals surface area (Å²) in [5.41, 5.74) is 1.77. The lowest BCUT2D eigenvalue weighted by Gasteiger charge is -2.30. The molecule has 4 nitrogen and oxygen atoms in total. The smallest absolute Gasteiger partial charge is 0.405 e. The maximum absolute atomic E-state index is 11.3. The van der Waals surface area contributed by atoms with Crippen LogP contribution in [0.5, 0.6) is 0 Å². The molecule has 1 unspecified atom stereocenters. The van der Waals surface area contributed by atoms with Crippen molar-refractivity contribution in [2.24, 2.45) is 0 Å². The van der Waals surface area contributed by atoms with Crippen molar-refractivity contribution >= 4 is 6.09 Å². The molecule has 1 fully saturated rings. The molecule has 2 aromatic rings. The number of amides is 1. The van der Waals surface area contributed by atoms with Crippen molar-refractivity contribution in [3.8, 4) is 0 Å². The first-order valence-corrected chi connectivity index (χ1v) is 7.51. The van der Waals surface area contributed by atoms with Gasteiger partial charge in [0.15, 0.2) is 0 Å². The molecule has 2 aromatic carbocycles. The van der Waals surface area contributed by atoms with E-state index in [4.69, 9.17) is 0 Å². The first-order valence-electron chi connectivity index (χ1n) is 7.51. The van der Waals surface area contributed by atoms with Crippen molar-refractivity contribution in [1.29, 1.82) is 0 Å². The number of hydrogen-bond acceptors (Lipinski definition) is 2. The van der Waals surface area contributed by atoms with Crippen molar-refractivity contribution < 1.29 is 9.90 Å². The topological polar surface area (TPSA) is 52.6 Å². The maximum Gasteiger partial charge on any atom is 0.405 e. The van der Waals surface area contributed by atoms with E-state index in [9.17, 15) is 9.90 Å². The lowest BCUT2D eigenvalue weighted by molar-refractivity contribution is 0.175. The van der Waals surface area contributed by atoms with Gasteiger partial charge in [-0.2, -0.15) is 0 Å². The average molecular weight is 296 g/mol. The number of likely N-dealkylation sites (tertiary alicyclic amines) is 1.